The third kappa shape index (κ3) is 4.04. The Bertz CT molecular complexity index is 811. The first-order valence-corrected chi connectivity index (χ1v) is 7.92. The van der Waals surface area contributed by atoms with Crippen LogP contribution in [-0.2, 0) is 22.6 Å². The molecule has 1 aromatic carbocycles. The predicted molar refractivity (Wildman–Crippen MR) is 87.5 cm³/mol. The molecule has 0 bridgehead atoms. The van der Waals surface area contributed by atoms with Crippen LogP contribution in [0.25, 0.3) is 0 Å². The standard InChI is InChI=1S/C18H18F2N2O3/c1-10-8-25-18-16(21-10)6-13(17(22-18)9-24-11(2)23)5-12-3-4-14(19)7-15(12)20/h3-4,6-7,10,21H,5,8-9H2,1-2H3. The molecular formula is C18H18F2N2O3. The molecule has 0 fully saturated rings. The second kappa shape index (κ2) is 7.04. The monoisotopic (exact) mass is 348 g/mol. The molecule has 2 heterocycles. The number of nitrogens with one attached hydrogen (secondary N) is 1. The first-order valence-electron chi connectivity index (χ1n) is 7.92. The van der Waals surface area contributed by atoms with Crippen molar-refractivity contribution in [2.75, 3.05) is 11.9 Å². The summed E-state index contributed by atoms with van der Waals surface area (Å²) < 4.78 is 37.7. The number of esters is 1. The highest BCUT2D eigenvalue weighted by molar-refractivity contribution is 5.66. The van der Waals surface area contributed by atoms with Gasteiger partial charge < -0.3 is 14.8 Å². The number of carbonyl (C=O) groups excluding carboxylic acids is 1. The van der Waals surface area contributed by atoms with Crippen molar-refractivity contribution in [3.8, 4) is 5.88 Å². The molecule has 0 amide bonds. The molecule has 0 radical (unpaired) electrons. The number of benzene rings is 1. The highest BCUT2D eigenvalue weighted by Gasteiger charge is 2.21. The lowest BCUT2D eigenvalue weighted by atomic mass is 10.0. The molecule has 0 spiro atoms. The summed E-state index contributed by atoms with van der Waals surface area (Å²) in [7, 11) is 0. The highest BCUT2D eigenvalue weighted by atomic mass is 19.1. The number of rotatable bonds is 4. The summed E-state index contributed by atoms with van der Waals surface area (Å²) in [5.41, 5.74) is 2.18. The lowest BCUT2D eigenvalue weighted by molar-refractivity contribution is -0.142. The fourth-order valence-corrected chi connectivity index (χ4v) is 2.62. The van der Waals surface area contributed by atoms with Gasteiger partial charge in [0.05, 0.1) is 17.4 Å². The van der Waals surface area contributed by atoms with Crippen LogP contribution >= 0.6 is 0 Å². The van der Waals surface area contributed by atoms with Crippen molar-refractivity contribution in [1.29, 1.82) is 0 Å². The SMILES string of the molecule is CC(=O)OCc1nc2c(cc1Cc1ccc(F)cc1F)NC(C)CO2. The Hall–Kier alpha value is -2.70. The van der Waals surface area contributed by atoms with Crippen molar-refractivity contribution in [2.24, 2.45) is 0 Å². The van der Waals surface area contributed by atoms with Crippen LogP contribution < -0.4 is 10.1 Å². The van der Waals surface area contributed by atoms with E-state index in [0.717, 1.165) is 6.07 Å². The second-order valence-electron chi connectivity index (χ2n) is 6.00. The average Bonchev–Trinajstić information content (AvgIpc) is 2.55. The van der Waals surface area contributed by atoms with Gasteiger partial charge in [-0.1, -0.05) is 6.07 Å². The van der Waals surface area contributed by atoms with E-state index >= 15 is 0 Å². The number of nitrogens with zero attached hydrogens (tertiary/aromatic N) is 1. The molecular weight excluding hydrogens is 330 g/mol. The quantitative estimate of drug-likeness (QED) is 0.860. The minimum Gasteiger partial charge on any atom is -0.474 e. The number of hydrogen-bond acceptors (Lipinski definition) is 5. The number of pyridine rings is 1. The van der Waals surface area contributed by atoms with E-state index in [4.69, 9.17) is 9.47 Å². The lowest BCUT2D eigenvalue weighted by Gasteiger charge is -2.25. The molecule has 7 heteroatoms. The van der Waals surface area contributed by atoms with Gasteiger partial charge in [0, 0.05) is 19.4 Å². The molecule has 0 saturated carbocycles. The van der Waals surface area contributed by atoms with Gasteiger partial charge in [0.2, 0.25) is 5.88 Å². The van der Waals surface area contributed by atoms with Crippen LogP contribution in [-0.4, -0.2) is 23.6 Å². The molecule has 1 atom stereocenters. The molecule has 2 aromatic rings. The van der Waals surface area contributed by atoms with E-state index in [1.54, 1.807) is 6.07 Å². The predicted octanol–water partition coefficient (Wildman–Crippen LogP) is 3.21. The molecule has 1 aromatic heterocycles. The third-order valence-electron chi connectivity index (χ3n) is 3.84. The van der Waals surface area contributed by atoms with Gasteiger partial charge in [-0.2, -0.15) is 0 Å². The van der Waals surface area contributed by atoms with E-state index in [9.17, 15) is 13.6 Å². The molecule has 1 N–H and O–H groups in total. The summed E-state index contributed by atoms with van der Waals surface area (Å²) in [5.74, 6) is -1.28. The number of fused-ring (bicyclic) bond motifs is 1. The summed E-state index contributed by atoms with van der Waals surface area (Å²) in [5, 5.41) is 3.25. The van der Waals surface area contributed by atoms with E-state index in [2.05, 4.69) is 10.3 Å². The molecule has 0 aliphatic carbocycles. The van der Waals surface area contributed by atoms with Gasteiger partial charge in [0.15, 0.2) is 0 Å². The second-order valence-corrected chi connectivity index (χ2v) is 6.00. The van der Waals surface area contributed by atoms with Crippen molar-refractivity contribution < 1.29 is 23.0 Å². The maximum absolute atomic E-state index is 14.0. The van der Waals surface area contributed by atoms with Gasteiger partial charge >= 0.3 is 5.97 Å². The Kier molecular flexibility index (Phi) is 4.83. The number of carbonyl (C=O) groups is 1. The summed E-state index contributed by atoms with van der Waals surface area (Å²) in [6, 6.07) is 5.37. The minimum absolute atomic E-state index is 0.0420. The van der Waals surface area contributed by atoms with Gasteiger partial charge in [-0.15, -0.1) is 0 Å². The zero-order chi connectivity index (χ0) is 18.0. The lowest BCUT2D eigenvalue weighted by Crippen LogP contribution is -2.29. The van der Waals surface area contributed by atoms with Crippen molar-refractivity contribution in [3.05, 3.63) is 52.7 Å². The Balaban J connectivity index is 1.96. The Morgan fingerprint density at radius 3 is 2.88 bits per heavy atom. The largest absolute Gasteiger partial charge is 0.474 e. The van der Waals surface area contributed by atoms with Crippen molar-refractivity contribution in [2.45, 2.75) is 32.9 Å². The number of hydrogen-bond donors (Lipinski definition) is 1. The van der Waals surface area contributed by atoms with Gasteiger partial charge in [0.1, 0.15) is 24.8 Å². The third-order valence-corrected chi connectivity index (χ3v) is 3.84. The fraction of sp³-hybridized carbons (Fsp3) is 0.333. The van der Waals surface area contributed by atoms with Crippen LogP contribution in [0.15, 0.2) is 24.3 Å². The topological polar surface area (TPSA) is 60.5 Å². The smallest absolute Gasteiger partial charge is 0.303 e. The summed E-state index contributed by atoms with van der Waals surface area (Å²) in [6.45, 7) is 3.70. The minimum atomic E-state index is -0.631. The first kappa shape index (κ1) is 17.1. The molecule has 1 aliphatic rings. The molecule has 3 rings (SSSR count). The van der Waals surface area contributed by atoms with Crippen LogP contribution in [0.5, 0.6) is 5.88 Å². The average molecular weight is 348 g/mol. The molecule has 5 nitrogen and oxygen atoms in total. The van der Waals surface area contributed by atoms with Gasteiger partial charge in [0.25, 0.3) is 0 Å². The number of aromatic nitrogens is 1. The fourth-order valence-electron chi connectivity index (χ4n) is 2.62. The van der Waals surface area contributed by atoms with E-state index in [0.29, 0.717) is 35.0 Å². The van der Waals surface area contributed by atoms with E-state index in [1.165, 1.54) is 19.1 Å². The maximum Gasteiger partial charge on any atom is 0.303 e. The van der Waals surface area contributed by atoms with Crippen molar-refractivity contribution >= 4 is 11.7 Å². The van der Waals surface area contributed by atoms with Crippen LogP contribution in [0.4, 0.5) is 14.5 Å². The van der Waals surface area contributed by atoms with E-state index in [-0.39, 0.29) is 19.1 Å². The Morgan fingerprint density at radius 2 is 2.16 bits per heavy atom. The Labute approximate surface area is 144 Å². The number of anilines is 1. The van der Waals surface area contributed by atoms with Crippen LogP contribution in [0.2, 0.25) is 0 Å². The molecule has 1 unspecified atom stereocenters. The van der Waals surface area contributed by atoms with Gasteiger partial charge in [-0.3, -0.25) is 4.79 Å². The summed E-state index contributed by atoms with van der Waals surface area (Å²) in [6.07, 6.45) is 0.194. The first-order chi connectivity index (χ1) is 11.9. The summed E-state index contributed by atoms with van der Waals surface area (Å²) >= 11 is 0. The molecule has 1 aliphatic heterocycles. The molecule has 0 saturated heterocycles. The van der Waals surface area contributed by atoms with Gasteiger partial charge in [-0.05, 0) is 30.2 Å². The van der Waals surface area contributed by atoms with Crippen LogP contribution in [0.1, 0.15) is 30.7 Å². The van der Waals surface area contributed by atoms with Crippen molar-refractivity contribution in [3.63, 3.8) is 0 Å². The normalized spacial score (nSPS) is 15.8. The summed E-state index contributed by atoms with van der Waals surface area (Å²) in [4.78, 5) is 15.5. The highest BCUT2D eigenvalue weighted by Crippen LogP contribution is 2.31. The Morgan fingerprint density at radius 1 is 1.36 bits per heavy atom. The number of halogens is 2. The zero-order valence-electron chi connectivity index (χ0n) is 13.9. The molecule has 132 valence electrons. The number of ether oxygens (including phenoxy) is 2. The van der Waals surface area contributed by atoms with Crippen LogP contribution in [0.3, 0.4) is 0 Å². The van der Waals surface area contributed by atoms with Gasteiger partial charge in [-0.25, -0.2) is 13.8 Å². The van der Waals surface area contributed by atoms with Crippen LogP contribution in [0, 0.1) is 11.6 Å². The van der Waals surface area contributed by atoms with Crippen molar-refractivity contribution in [1.82, 2.24) is 4.98 Å². The zero-order valence-corrected chi connectivity index (χ0v) is 13.9. The van der Waals surface area contributed by atoms with E-state index in [1.807, 2.05) is 6.92 Å². The molecule has 25 heavy (non-hydrogen) atoms. The maximum atomic E-state index is 14.0. The van der Waals surface area contributed by atoms with E-state index < -0.39 is 17.6 Å².